The first kappa shape index (κ1) is 11.4. The summed E-state index contributed by atoms with van der Waals surface area (Å²) in [6.45, 7) is 5.25. The Morgan fingerprint density at radius 3 is 3.07 bits per heavy atom. The Kier molecular flexibility index (Phi) is 3.65. The van der Waals surface area contributed by atoms with E-state index < -0.39 is 0 Å². The van der Waals surface area contributed by atoms with Crippen LogP contribution in [0.1, 0.15) is 25.7 Å². The van der Waals surface area contributed by atoms with Gasteiger partial charge in [-0.25, -0.2) is 0 Å². The number of nitrogens with zero attached hydrogens (tertiary/aromatic N) is 1. The summed E-state index contributed by atoms with van der Waals surface area (Å²) in [7, 11) is 1.84. The van der Waals surface area contributed by atoms with Gasteiger partial charge in [-0.1, -0.05) is 12.8 Å². The first-order chi connectivity index (χ1) is 7.30. The zero-order valence-corrected chi connectivity index (χ0v) is 9.87. The van der Waals surface area contributed by atoms with E-state index in [1.54, 1.807) is 0 Å². The zero-order valence-electron chi connectivity index (χ0n) is 9.87. The van der Waals surface area contributed by atoms with Crippen LogP contribution >= 0.6 is 0 Å². The third-order valence-corrected chi connectivity index (χ3v) is 4.24. The molecule has 2 N–H and O–H groups in total. The fraction of sp³-hybridized carbons (Fsp3) is 1.00. The average Bonchev–Trinajstić information content (AvgIpc) is 2.56. The van der Waals surface area contributed by atoms with Gasteiger partial charge >= 0.3 is 0 Å². The van der Waals surface area contributed by atoms with Crippen molar-refractivity contribution in [1.82, 2.24) is 4.90 Å². The van der Waals surface area contributed by atoms with Crippen LogP contribution in [0.5, 0.6) is 0 Å². The fourth-order valence-electron chi connectivity index (χ4n) is 3.57. The molecular formula is C12H24N2O. The Balaban J connectivity index is 2.02. The van der Waals surface area contributed by atoms with Crippen LogP contribution in [-0.4, -0.2) is 44.8 Å². The quantitative estimate of drug-likeness (QED) is 0.758. The molecule has 2 fully saturated rings. The van der Waals surface area contributed by atoms with Gasteiger partial charge in [0.1, 0.15) is 0 Å². The van der Waals surface area contributed by atoms with Gasteiger partial charge in [0.15, 0.2) is 0 Å². The van der Waals surface area contributed by atoms with E-state index in [1.807, 2.05) is 7.11 Å². The van der Waals surface area contributed by atoms with Crippen molar-refractivity contribution in [1.29, 1.82) is 0 Å². The molecule has 3 heteroatoms. The summed E-state index contributed by atoms with van der Waals surface area (Å²) >= 11 is 0. The highest BCUT2D eigenvalue weighted by Crippen LogP contribution is 2.46. The largest absolute Gasteiger partial charge is 0.384 e. The van der Waals surface area contributed by atoms with Crippen LogP contribution in [-0.2, 0) is 4.74 Å². The minimum absolute atomic E-state index is 0.460. The minimum atomic E-state index is 0.460. The third-order valence-electron chi connectivity index (χ3n) is 4.24. The SMILES string of the molecule is COC[C@]12CCCC[C@@H]1CN(CCN)C2. The lowest BCUT2D eigenvalue weighted by atomic mass is 9.69. The van der Waals surface area contributed by atoms with E-state index in [2.05, 4.69) is 4.90 Å². The van der Waals surface area contributed by atoms with Gasteiger partial charge in [-0.3, -0.25) is 0 Å². The minimum Gasteiger partial charge on any atom is -0.384 e. The predicted octanol–water partition coefficient (Wildman–Crippen LogP) is 1.08. The van der Waals surface area contributed by atoms with Gasteiger partial charge in [0.2, 0.25) is 0 Å². The van der Waals surface area contributed by atoms with Gasteiger partial charge < -0.3 is 15.4 Å². The van der Waals surface area contributed by atoms with E-state index in [4.69, 9.17) is 10.5 Å². The van der Waals surface area contributed by atoms with E-state index in [-0.39, 0.29) is 0 Å². The van der Waals surface area contributed by atoms with Crippen LogP contribution in [0.2, 0.25) is 0 Å². The number of rotatable bonds is 4. The van der Waals surface area contributed by atoms with Crippen LogP contribution in [0.3, 0.4) is 0 Å². The van der Waals surface area contributed by atoms with Crippen LogP contribution < -0.4 is 5.73 Å². The van der Waals surface area contributed by atoms with Crippen molar-refractivity contribution in [2.24, 2.45) is 17.1 Å². The standard InChI is InChI=1S/C12H24N2O/c1-15-10-12-5-3-2-4-11(12)8-14(9-12)7-6-13/h11H,2-10,13H2,1H3/t11-,12-/m1/s1. The molecule has 15 heavy (non-hydrogen) atoms. The number of methoxy groups -OCH3 is 1. The number of hydrogen-bond donors (Lipinski definition) is 1. The van der Waals surface area contributed by atoms with Gasteiger partial charge in [0.25, 0.3) is 0 Å². The second kappa shape index (κ2) is 4.81. The molecule has 3 nitrogen and oxygen atoms in total. The highest BCUT2D eigenvalue weighted by atomic mass is 16.5. The zero-order chi connectivity index (χ0) is 10.7. The highest BCUT2D eigenvalue weighted by molar-refractivity contribution is 4.98. The normalized spacial score (nSPS) is 36.8. The monoisotopic (exact) mass is 212 g/mol. The van der Waals surface area contributed by atoms with Crippen molar-refractivity contribution in [3.05, 3.63) is 0 Å². The molecule has 0 amide bonds. The second-order valence-electron chi connectivity index (χ2n) is 5.26. The Morgan fingerprint density at radius 1 is 1.47 bits per heavy atom. The number of nitrogens with two attached hydrogens (primary N) is 1. The Labute approximate surface area is 93.0 Å². The molecule has 1 saturated carbocycles. The Morgan fingerprint density at radius 2 is 2.33 bits per heavy atom. The van der Waals surface area contributed by atoms with Crippen LogP contribution in [0.15, 0.2) is 0 Å². The Bertz CT molecular complexity index is 206. The molecule has 0 aromatic heterocycles. The van der Waals surface area contributed by atoms with Crippen LogP contribution in [0.25, 0.3) is 0 Å². The number of fused-ring (bicyclic) bond motifs is 1. The first-order valence-electron chi connectivity index (χ1n) is 6.22. The molecule has 0 bridgehead atoms. The highest BCUT2D eigenvalue weighted by Gasteiger charge is 2.47. The van der Waals surface area contributed by atoms with E-state index in [9.17, 15) is 0 Å². The average molecular weight is 212 g/mol. The maximum Gasteiger partial charge on any atom is 0.0534 e. The molecule has 0 unspecified atom stereocenters. The predicted molar refractivity (Wildman–Crippen MR) is 61.8 cm³/mol. The Hall–Kier alpha value is -0.120. The molecule has 0 aromatic rings. The van der Waals surface area contributed by atoms with Gasteiger partial charge in [0.05, 0.1) is 6.61 Å². The smallest absolute Gasteiger partial charge is 0.0534 e. The molecule has 2 rings (SSSR count). The van der Waals surface area contributed by atoms with Crippen molar-refractivity contribution >= 4 is 0 Å². The molecule has 0 spiro atoms. The number of hydrogen-bond acceptors (Lipinski definition) is 3. The van der Waals surface area contributed by atoms with E-state index in [1.165, 1.54) is 38.8 Å². The molecule has 1 heterocycles. The van der Waals surface area contributed by atoms with Crippen LogP contribution in [0, 0.1) is 11.3 Å². The molecule has 0 aromatic carbocycles. The summed E-state index contributed by atoms with van der Waals surface area (Å²) in [5.41, 5.74) is 6.10. The van der Waals surface area contributed by atoms with E-state index >= 15 is 0 Å². The molecular weight excluding hydrogens is 188 g/mol. The number of likely N-dealkylation sites (tertiary alicyclic amines) is 1. The van der Waals surface area contributed by atoms with Gasteiger partial charge in [-0.15, -0.1) is 0 Å². The van der Waals surface area contributed by atoms with Crippen LogP contribution in [0.4, 0.5) is 0 Å². The molecule has 1 aliphatic heterocycles. The molecule has 2 aliphatic rings. The summed E-state index contributed by atoms with van der Waals surface area (Å²) in [6.07, 6.45) is 5.54. The maximum atomic E-state index is 5.64. The fourth-order valence-corrected chi connectivity index (χ4v) is 3.57. The van der Waals surface area contributed by atoms with Crippen molar-refractivity contribution in [2.75, 3.05) is 39.9 Å². The second-order valence-corrected chi connectivity index (χ2v) is 5.26. The molecule has 1 saturated heterocycles. The van der Waals surface area contributed by atoms with E-state index in [0.717, 1.165) is 25.6 Å². The summed E-state index contributed by atoms with van der Waals surface area (Å²) in [5, 5.41) is 0. The summed E-state index contributed by atoms with van der Waals surface area (Å²) < 4.78 is 5.45. The number of ether oxygens (including phenoxy) is 1. The van der Waals surface area contributed by atoms with E-state index in [0.29, 0.717) is 5.41 Å². The summed E-state index contributed by atoms with van der Waals surface area (Å²) in [6, 6.07) is 0. The van der Waals surface area contributed by atoms with Gasteiger partial charge in [-0.2, -0.15) is 0 Å². The summed E-state index contributed by atoms with van der Waals surface area (Å²) in [4.78, 5) is 2.54. The lowest BCUT2D eigenvalue weighted by Gasteiger charge is -2.38. The third kappa shape index (κ3) is 2.19. The van der Waals surface area contributed by atoms with Gasteiger partial charge in [0, 0.05) is 38.7 Å². The summed E-state index contributed by atoms with van der Waals surface area (Å²) in [5.74, 6) is 0.859. The van der Waals surface area contributed by atoms with Crippen molar-refractivity contribution < 1.29 is 4.74 Å². The first-order valence-corrected chi connectivity index (χ1v) is 6.22. The maximum absolute atomic E-state index is 5.64. The lowest BCUT2D eigenvalue weighted by Crippen LogP contribution is -2.38. The van der Waals surface area contributed by atoms with Crippen molar-refractivity contribution in [3.63, 3.8) is 0 Å². The molecule has 1 aliphatic carbocycles. The van der Waals surface area contributed by atoms with Crippen molar-refractivity contribution in [3.8, 4) is 0 Å². The molecule has 0 radical (unpaired) electrons. The molecule has 88 valence electrons. The molecule has 2 atom stereocenters. The topological polar surface area (TPSA) is 38.5 Å². The van der Waals surface area contributed by atoms with Crippen molar-refractivity contribution in [2.45, 2.75) is 25.7 Å². The van der Waals surface area contributed by atoms with Gasteiger partial charge in [-0.05, 0) is 18.8 Å². The lowest BCUT2D eigenvalue weighted by molar-refractivity contribution is 0.0299.